The lowest BCUT2D eigenvalue weighted by atomic mass is 10.3. The minimum absolute atomic E-state index is 0.0813. The van der Waals surface area contributed by atoms with Gasteiger partial charge in [-0.15, -0.1) is 0 Å². The van der Waals surface area contributed by atoms with E-state index < -0.39 is 18.7 Å². The lowest BCUT2D eigenvalue weighted by Crippen LogP contribution is -2.41. The first kappa shape index (κ1) is 13.4. The van der Waals surface area contributed by atoms with E-state index >= 15 is 0 Å². The molecule has 0 radical (unpaired) electrons. The highest BCUT2D eigenvalue weighted by Crippen LogP contribution is 2.35. The van der Waals surface area contributed by atoms with Crippen LogP contribution in [0, 0.1) is 0 Å². The second kappa shape index (κ2) is 4.70. The van der Waals surface area contributed by atoms with Gasteiger partial charge in [0.1, 0.15) is 5.82 Å². The Bertz CT molecular complexity index is 382. The van der Waals surface area contributed by atoms with Gasteiger partial charge < -0.3 is 10.2 Å². The van der Waals surface area contributed by atoms with E-state index in [1.165, 1.54) is 12.1 Å². The van der Waals surface area contributed by atoms with Crippen LogP contribution in [0.25, 0.3) is 0 Å². The van der Waals surface area contributed by atoms with Crippen molar-refractivity contribution in [3.8, 4) is 5.88 Å². The van der Waals surface area contributed by atoms with Gasteiger partial charge in [-0.05, 0) is 6.07 Å². The lowest BCUT2D eigenvalue weighted by Gasteiger charge is -2.19. The normalized spacial score (nSPS) is 12.4. The van der Waals surface area contributed by atoms with Gasteiger partial charge in [0.05, 0.1) is 0 Å². The third-order valence-electron chi connectivity index (χ3n) is 1.69. The molecular weight excluding hydrogens is 249 g/mol. The van der Waals surface area contributed by atoms with Crippen molar-refractivity contribution in [2.75, 3.05) is 12.0 Å². The molecule has 1 rings (SSSR count). The minimum atomic E-state index is -5.66. The van der Waals surface area contributed by atoms with Gasteiger partial charge in [0, 0.05) is 6.07 Å². The number of halogens is 5. The molecule has 0 spiro atoms. The zero-order chi connectivity index (χ0) is 13.1. The zero-order valence-electron chi connectivity index (χ0n) is 8.26. The smallest absolute Gasteiger partial charge is 0.456 e. The SMILES string of the molecule is NNc1cccc(OCC(F)(F)C(F)(F)F)n1. The fourth-order valence-corrected chi connectivity index (χ4v) is 0.822. The molecule has 9 heteroatoms. The summed E-state index contributed by atoms with van der Waals surface area (Å²) in [6, 6.07) is 3.85. The molecule has 1 aromatic heterocycles. The maximum absolute atomic E-state index is 12.5. The Hall–Kier alpha value is -1.64. The highest BCUT2D eigenvalue weighted by atomic mass is 19.4. The molecule has 1 heterocycles. The third kappa shape index (κ3) is 3.41. The summed E-state index contributed by atoms with van der Waals surface area (Å²) < 4.78 is 64.6. The molecule has 0 unspecified atom stereocenters. The fraction of sp³-hybridized carbons (Fsp3) is 0.375. The molecule has 3 N–H and O–H groups in total. The number of hydrazine groups is 1. The van der Waals surface area contributed by atoms with Crippen LogP contribution >= 0.6 is 0 Å². The van der Waals surface area contributed by atoms with Crippen LogP contribution in [-0.4, -0.2) is 23.7 Å². The molecule has 96 valence electrons. The van der Waals surface area contributed by atoms with E-state index in [0.717, 1.165) is 6.07 Å². The Kier molecular flexibility index (Phi) is 3.71. The number of ether oxygens (including phenoxy) is 1. The molecule has 0 amide bonds. The number of anilines is 1. The molecule has 0 atom stereocenters. The summed E-state index contributed by atoms with van der Waals surface area (Å²) in [5.41, 5.74) is 2.09. The van der Waals surface area contributed by atoms with Crippen LogP contribution in [0.4, 0.5) is 27.8 Å². The van der Waals surface area contributed by atoms with Gasteiger partial charge in [-0.25, -0.2) is 5.84 Å². The van der Waals surface area contributed by atoms with Gasteiger partial charge in [0.25, 0.3) is 0 Å². The number of alkyl halides is 5. The Morgan fingerprint density at radius 3 is 2.41 bits per heavy atom. The topological polar surface area (TPSA) is 60.2 Å². The summed E-state index contributed by atoms with van der Waals surface area (Å²) >= 11 is 0. The van der Waals surface area contributed by atoms with Crippen LogP contribution < -0.4 is 16.0 Å². The lowest BCUT2D eigenvalue weighted by molar-refractivity contribution is -0.290. The van der Waals surface area contributed by atoms with E-state index in [1.54, 1.807) is 0 Å². The van der Waals surface area contributed by atoms with E-state index in [0.29, 0.717) is 0 Å². The number of hydrogen-bond acceptors (Lipinski definition) is 4. The Morgan fingerprint density at radius 1 is 1.24 bits per heavy atom. The summed E-state index contributed by atoms with van der Waals surface area (Å²) in [5, 5.41) is 0. The van der Waals surface area contributed by atoms with Crippen molar-refractivity contribution in [3.63, 3.8) is 0 Å². The summed E-state index contributed by atoms with van der Waals surface area (Å²) in [5.74, 6) is -0.260. The van der Waals surface area contributed by atoms with Crippen molar-refractivity contribution in [3.05, 3.63) is 18.2 Å². The molecule has 0 aromatic carbocycles. The van der Waals surface area contributed by atoms with E-state index in [-0.39, 0.29) is 11.7 Å². The number of pyridine rings is 1. The monoisotopic (exact) mass is 257 g/mol. The van der Waals surface area contributed by atoms with Gasteiger partial charge in [-0.3, -0.25) is 0 Å². The maximum atomic E-state index is 12.5. The fourth-order valence-electron chi connectivity index (χ4n) is 0.822. The van der Waals surface area contributed by atoms with E-state index in [4.69, 9.17) is 5.84 Å². The van der Waals surface area contributed by atoms with Crippen molar-refractivity contribution >= 4 is 5.82 Å². The van der Waals surface area contributed by atoms with Crippen LogP contribution in [0.3, 0.4) is 0 Å². The maximum Gasteiger partial charge on any atom is 0.456 e. The van der Waals surface area contributed by atoms with Gasteiger partial charge in [0.15, 0.2) is 6.61 Å². The number of nitrogen functional groups attached to an aromatic ring is 1. The molecule has 1 aromatic rings. The van der Waals surface area contributed by atoms with Gasteiger partial charge >= 0.3 is 12.1 Å². The van der Waals surface area contributed by atoms with Crippen LogP contribution in [0.15, 0.2) is 18.2 Å². The van der Waals surface area contributed by atoms with E-state index in [2.05, 4.69) is 15.1 Å². The second-order valence-electron chi connectivity index (χ2n) is 3.00. The van der Waals surface area contributed by atoms with Gasteiger partial charge in [-0.2, -0.15) is 26.9 Å². The molecule has 0 aliphatic rings. The number of nitrogens with one attached hydrogen (secondary N) is 1. The quantitative estimate of drug-likeness (QED) is 0.491. The first-order valence-electron chi connectivity index (χ1n) is 4.27. The number of nitrogens with zero attached hydrogens (tertiary/aromatic N) is 1. The Balaban J connectivity index is 2.67. The standard InChI is InChI=1S/C8H8F5N3O/c9-7(10,8(11,12)13)4-17-6-3-1-2-5(15-6)16-14/h1-3H,4,14H2,(H,15,16). The molecule has 0 saturated heterocycles. The molecule has 0 aliphatic heterocycles. The highest BCUT2D eigenvalue weighted by molar-refractivity contribution is 5.35. The van der Waals surface area contributed by atoms with Crippen molar-refractivity contribution in [1.29, 1.82) is 0 Å². The summed E-state index contributed by atoms with van der Waals surface area (Å²) in [6.45, 7) is -1.84. The van der Waals surface area contributed by atoms with Gasteiger partial charge in [-0.1, -0.05) is 6.07 Å². The van der Waals surface area contributed by atoms with Gasteiger partial charge in [0.2, 0.25) is 5.88 Å². The van der Waals surface area contributed by atoms with Crippen LogP contribution in [0.5, 0.6) is 5.88 Å². The Labute approximate surface area is 92.5 Å². The first-order valence-corrected chi connectivity index (χ1v) is 4.27. The van der Waals surface area contributed by atoms with Crippen molar-refractivity contribution in [2.45, 2.75) is 12.1 Å². The minimum Gasteiger partial charge on any atom is -0.471 e. The molecule has 0 saturated carbocycles. The molecule has 0 aliphatic carbocycles. The number of hydrogen-bond donors (Lipinski definition) is 2. The van der Waals surface area contributed by atoms with Crippen molar-refractivity contribution < 1.29 is 26.7 Å². The summed E-state index contributed by atoms with van der Waals surface area (Å²) in [7, 11) is 0. The average Bonchev–Trinajstić information content (AvgIpc) is 2.25. The molecule has 4 nitrogen and oxygen atoms in total. The average molecular weight is 257 g/mol. The Morgan fingerprint density at radius 2 is 1.88 bits per heavy atom. The van der Waals surface area contributed by atoms with Crippen molar-refractivity contribution in [2.24, 2.45) is 5.84 Å². The predicted octanol–water partition coefficient (Wildman–Crippen LogP) is 1.94. The van der Waals surface area contributed by atoms with Crippen LogP contribution in [-0.2, 0) is 0 Å². The van der Waals surface area contributed by atoms with Crippen LogP contribution in [0.1, 0.15) is 0 Å². The van der Waals surface area contributed by atoms with Crippen LogP contribution in [0.2, 0.25) is 0 Å². The second-order valence-corrected chi connectivity index (χ2v) is 3.00. The first-order chi connectivity index (χ1) is 7.76. The van der Waals surface area contributed by atoms with Crippen molar-refractivity contribution in [1.82, 2.24) is 4.98 Å². The molecule has 0 bridgehead atoms. The molecule has 17 heavy (non-hydrogen) atoms. The molecular formula is C8H8F5N3O. The summed E-state index contributed by atoms with van der Waals surface area (Å²) in [4.78, 5) is 3.52. The summed E-state index contributed by atoms with van der Waals surface area (Å²) in [6.07, 6.45) is -5.66. The number of nitrogens with two attached hydrogens (primary N) is 1. The zero-order valence-corrected chi connectivity index (χ0v) is 8.26. The largest absolute Gasteiger partial charge is 0.471 e. The predicted molar refractivity (Wildman–Crippen MR) is 48.5 cm³/mol. The highest BCUT2D eigenvalue weighted by Gasteiger charge is 2.58. The molecule has 0 fully saturated rings. The number of aromatic nitrogens is 1. The van der Waals surface area contributed by atoms with E-state index in [9.17, 15) is 22.0 Å². The van der Waals surface area contributed by atoms with E-state index in [1.807, 2.05) is 0 Å². The third-order valence-corrected chi connectivity index (χ3v) is 1.69. The number of rotatable bonds is 4.